The van der Waals surface area contributed by atoms with Crippen molar-refractivity contribution in [1.29, 1.82) is 0 Å². The number of aromatic nitrogens is 3. The molecule has 0 bridgehead atoms. The van der Waals surface area contributed by atoms with Gasteiger partial charge in [0.05, 0.1) is 0 Å². The van der Waals surface area contributed by atoms with E-state index in [1.165, 1.54) is 25.1 Å². The van der Waals surface area contributed by atoms with E-state index in [2.05, 4.69) is 30.9 Å². The molecule has 0 aliphatic heterocycles. The standard InChI is InChI=1S/C20H16F6N6O2/c1-9(33)27-5-6-28-18-30-19(29-8-10-3-2-4-11(21)7-10)32-20(31-18)34-17-15(25)13(23)12(22)14(24)16(17)26/h2-4,7H,5-6,8H2,1H3,(H,27,33)(H2,28,29,30,31,32). The molecule has 1 heterocycles. The number of amides is 1. The molecule has 34 heavy (non-hydrogen) atoms. The minimum Gasteiger partial charge on any atom is -0.418 e. The number of nitrogens with zero attached hydrogens (tertiary/aromatic N) is 3. The van der Waals surface area contributed by atoms with Gasteiger partial charge in [0.15, 0.2) is 0 Å². The Bertz CT molecular complexity index is 1180. The minimum absolute atomic E-state index is 0.00900. The molecule has 0 saturated carbocycles. The number of ether oxygens (including phenoxy) is 1. The Morgan fingerprint density at radius 3 is 2.09 bits per heavy atom. The van der Waals surface area contributed by atoms with E-state index in [-0.39, 0.29) is 37.4 Å². The fraction of sp³-hybridized carbons (Fsp3) is 0.200. The van der Waals surface area contributed by atoms with Crippen molar-refractivity contribution in [3.8, 4) is 11.8 Å². The van der Waals surface area contributed by atoms with E-state index in [4.69, 9.17) is 4.74 Å². The number of halogens is 6. The number of benzene rings is 2. The van der Waals surface area contributed by atoms with Crippen molar-refractivity contribution in [3.63, 3.8) is 0 Å². The van der Waals surface area contributed by atoms with Gasteiger partial charge in [0.1, 0.15) is 5.82 Å². The molecule has 0 fully saturated rings. The van der Waals surface area contributed by atoms with Gasteiger partial charge in [-0.25, -0.2) is 17.6 Å². The van der Waals surface area contributed by atoms with Crippen LogP contribution in [-0.2, 0) is 11.3 Å². The number of carbonyl (C=O) groups excluding carboxylic acids is 1. The summed E-state index contributed by atoms with van der Waals surface area (Å²) < 4.78 is 86.4. The van der Waals surface area contributed by atoms with E-state index >= 15 is 0 Å². The molecule has 0 saturated heterocycles. The van der Waals surface area contributed by atoms with E-state index in [0.717, 1.165) is 0 Å². The molecule has 8 nitrogen and oxygen atoms in total. The number of hydrogen-bond donors (Lipinski definition) is 3. The largest absolute Gasteiger partial charge is 0.418 e. The number of anilines is 2. The molecule has 14 heteroatoms. The number of carbonyl (C=O) groups is 1. The molecule has 0 aliphatic rings. The van der Waals surface area contributed by atoms with Gasteiger partial charge in [0.2, 0.25) is 52.6 Å². The first kappa shape index (κ1) is 24.5. The highest BCUT2D eigenvalue weighted by atomic mass is 19.2. The van der Waals surface area contributed by atoms with E-state index in [0.29, 0.717) is 5.56 Å². The smallest absolute Gasteiger partial charge is 0.328 e. The van der Waals surface area contributed by atoms with Gasteiger partial charge in [0.25, 0.3) is 0 Å². The molecule has 3 rings (SSSR count). The van der Waals surface area contributed by atoms with E-state index < -0.39 is 46.7 Å². The van der Waals surface area contributed by atoms with Gasteiger partial charge in [-0.2, -0.15) is 23.7 Å². The third-order valence-corrected chi connectivity index (χ3v) is 4.10. The molecule has 2 aromatic carbocycles. The molecule has 1 aromatic heterocycles. The second-order valence-electron chi connectivity index (χ2n) is 6.66. The van der Waals surface area contributed by atoms with Crippen LogP contribution >= 0.6 is 0 Å². The molecule has 0 spiro atoms. The fourth-order valence-electron chi connectivity index (χ4n) is 2.57. The van der Waals surface area contributed by atoms with Crippen molar-refractivity contribution < 1.29 is 35.9 Å². The minimum atomic E-state index is -2.35. The Labute approximate surface area is 188 Å². The molecular formula is C20H16F6N6O2. The molecule has 0 unspecified atom stereocenters. The van der Waals surface area contributed by atoms with Crippen molar-refractivity contribution >= 4 is 17.8 Å². The van der Waals surface area contributed by atoms with Gasteiger partial charge in [-0.3, -0.25) is 4.79 Å². The SMILES string of the molecule is CC(=O)NCCNc1nc(NCc2cccc(F)c2)nc(Oc2c(F)c(F)c(F)c(F)c2F)n1. The zero-order chi connectivity index (χ0) is 24.8. The van der Waals surface area contributed by atoms with Crippen LogP contribution in [0.5, 0.6) is 11.8 Å². The number of rotatable bonds is 9. The highest BCUT2D eigenvalue weighted by molar-refractivity contribution is 5.72. The van der Waals surface area contributed by atoms with E-state index in [9.17, 15) is 31.1 Å². The van der Waals surface area contributed by atoms with Gasteiger partial charge in [-0.1, -0.05) is 12.1 Å². The third-order valence-electron chi connectivity index (χ3n) is 4.10. The highest BCUT2D eigenvalue weighted by Gasteiger charge is 2.28. The van der Waals surface area contributed by atoms with Crippen LogP contribution in [0.15, 0.2) is 24.3 Å². The van der Waals surface area contributed by atoms with Crippen LogP contribution in [0.4, 0.5) is 38.2 Å². The Morgan fingerprint density at radius 1 is 0.853 bits per heavy atom. The van der Waals surface area contributed by atoms with Crippen LogP contribution in [0, 0.1) is 34.9 Å². The second-order valence-corrected chi connectivity index (χ2v) is 6.66. The lowest BCUT2D eigenvalue weighted by molar-refractivity contribution is -0.118. The molecule has 0 atom stereocenters. The van der Waals surface area contributed by atoms with Crippen molar-refractivity contribution in [3.05, 3.63) is 64.7 Å². The summed E-state index contributed by atoms with van der Waals surface area (Å²) in [6, 6.07) is 4.72. The molecule has 1 amide bonds. The highest BCUT2D eigenvalue weighted by Crippen LogP contribution is 2.32. The van der Waals surface area contributed by atoms with Gasteiger partial charge in [0, 0.05) is 26.6 Å². The topological polar surface area (TPSA) is 101 Å². The van der Waals surface area contributed by atoms with Gasteiger partial charge < -0.3 is 20.7 Å². The lowest BCUT2D eigenvalue weighted by Crippen LogP contribution is -2.26. The maximum atomic E-state index is 14.0. The third kappa shape index (κ3) is 6.02. The van der Waals surface area contributed by atoms with Crippen LogP contribution in [0.2, 0.25) is 0 Å². The summed E-state index contributed by atoms with van der Waals surface area (Å²) >= 11 is 0. The average molecular weight is 486 g/mol. The Morgan fingerprint density at radius 2 is 1.47 bits per heavy atom. The summed E-state index contributed by atoms with van der Waals surface area (Å²) in [5, 5.41) is 7.89. The first-order valence-electron chi connectivity index (χ1n) is 9.57. The fourth-order valence-corrected chi connectivity index (χ4v) is 2.57. The molecule has 3 aromatic rings. The van der Waals surface area contributed by atoms with Crippen molar-refractivity contribution in [2.45, 2.75) is 13.5 Å². The lowest BCUT2D eigenvalue weighted by Gasteiger charge is -2.12. The van der Waals surface area contributed by atoms with Crippen LogP contribution in [0.1, 0.15) is 12.5 Å². The quantitative estimate of drug-likeness (QED) is 0.184. The maximum absolute atomic E-state index is 14.0. The number of hydrogen-bond acceptors (Lipinski definition) is 7. The van der Waals surface area contributed by atoms with Gasteiger partial charge in [-0.15, -0.1) is 0 Å². The normalized spacial score (nSPS) is 10.7. The van der Waals surface area contributed by atoms with Crippen LogP contribution < -0.4 is 20.7 Å². The Balaban J connectivity index is 1.88. The Kier molecular flexibility index (Phi) is 7.71. The van der Waals surface area contributed by atoms with Crippen LogP contribution in [0.25, 0.3) is 0 Å². The monoisotopic (exact) mass is 486 g/mol. The van der Waals surface area contributed by atoms with Gasteiger partial charge in [-0.05, 0) is 17.7 Å². The zero-order valence-electron chi connectivity index (χ0n) is 17.4. The van der Waals surface area contributed by atoms with Crippen molar-refractivity contribution in [2.75, 3.05) is 23.7 Å². The zero-order valence-corrected chi connectivity index (χ0v) is 17.4. The summed E-state index contributed by atoms with van der Waals surface area (Å²) in [5.41, 5.74) is 0.489. The lowest BCUT2D eigenvalue weighted by atomic mass is 10.2. The number of nitrogens with one attached hydrogen (secondary N) is 3. The molecular weight excluding hydrogens is 470 g/mol. The summed E-state index contributed by atoms with van der Waals surface area (Å²) in [7, 11) is 0. The molecule has 0 aliphatic carbocycles. The summed E-state index contributed by atoms with van der Waals surface area (Å²) in [4.78, 5) is 22.4. The van der Waals surface area contributed by atoms with E-state index in [1.54, 1.807) is 6.07 Å². The average Bonchev–Trinajstić information content (AvgIpc) is 2.80. The molecule has 180 valence electrons. The van der Waals surface area contributed by atoms with E-state index in [1.807, 2.05) is 0 Å². The van der Waals surface area contributed by atoms with Gasteiger partial charge >= 0.3 is 6.01 Å². The summed E-state index contributed by atoms with van der Waals surface area (Å²) in [6.07, 6.45) is 0. The van der Waals surface area contributed by atoms with Crippen molar-refractivity contribution in [1.82, 2.24) is 20.3 Å². The Hall–Kier alpha value is -4.10. The second kappa shape index (κ2) is 10.7. The predicted molar refractivity (Wildman–Crippen MR) is 107 cm³/mol. The molecule has 0 radical (unpaired) electrons. The summed E-state index contributed by atoms with van der Waals surface area (Å²) in [5.74, 6) is -14.0. The maximum Gasteiger partial charge on any atom is 0.328 e. The first-order valence-corrected chi connectivity index (χ1v) is 9.57. The first-order chi connectivity index (χ1) is 16.2. The predicted octanol–water partition coefficient (Wildman–Crippen LogP) is 3.66. The van der Waals surface area contributed by atoms with Crippen molar-refractivity contribution in [2.24, 2.45) is 0 Å². The van der Waals surface area contributed by atoms with Crippen LogP contribution in [-0.4, -0.2) is 33.9 Å². The summed E-state index contributed by atoms with van der Waals surface area (Å²) in [6.45, 7) is 1.57. The molecule has 3 N–H and O–H groups in total. The van der Waals surface area contributed by atoms with Crippen LogP contribution in [0.3, 0.4) is 0 Å².